The number of imidazole rings is 1. The van der Waals surface area contributed by atoms with Gasteiger partial charge in [0.2, 0.25) is 0 Å². The normalized spacial score (nSPS) is 11.8. The standard InChI is InChI=1S/C15H16N4O2S/c1-10-8-12(6-7-16-10)18-22(20,21)13-4-5-15-14(9-13)17-11(2)19(15)3/h4-9H,1-3H3,(H,16,18). The van der Waals surface area contributed by atoms with Gasteiger partial charge in [-0.25, -0.2) is 13.4 Å². The molecule has 0 aliphatic heterocycles. The second kappa shape index (κ2) is 5.10. The smallest absolute Gasteiger partial charge is 0.261 e. The number of aryl methyl sites for hydroxylation is 3. The molecule has 2 heterocycles. The molecule has 0 unspecified atom stereocenters. The van der Waals surface area contributed by atoms with Crippen LogP contribution < -0.4 is 4.72 Å². The summed E-state index contributed by atoms with van der Waals surface area (Å²) in [6.07, 6.45) is 1.57. The lowest BCUT2D eigenvalue weighted by molar-refractivity contribution is 0.601. The Morgan fingerprint density at radius 3 is 2.64 bits per heavy atom. The maximum Gasteiger partial charge on any atom is 0.261 e. The van der Waals surface area contributed by atoms with Gasteiger partial charge in [-0.3, -0.25) is 9.71 Å². The van der Waals surface area contributed by atoms with Gasteiger partial charge in [-0.1, -0.05) is 0 Å². The molecule has 114 valence electrons. The number of anilines is 1. The molecule has 6 nitrogen and oxygen atoms in total. The summed E-state index contributed by atoms with van der Waals surface area (Å²) in [5, 5.41) is 0. The van der Waals surface area contributed by atoms with E-state index in [9.17, 15) is 8.42 Å². The zero-order chi connectivity index (χ0) is 15.9. The zero-order valence-electron chi connectivity index (χ0n) is 12.5. The van der Waals surface area contributed by atoms with E-state index in [-0.39, 0.29) is 4.90 Å². The third-order valence-corrected chi connectivity index (χ3v) is 4.91. The van der Waals surface area contributed by atoms with Crippen molar-refractivity contribution in [3.8, 4) is 0 Å². The molecule has 0 spiro atoms. The summed E-state index contributed by atoms with van der Waals surface area (Å²) in [7, 11) is -1.75. The average Bonchev–Trinajstić information content (AvgIpc) is 2.73. The van der Waals surface area contributed by atoms with Crippen molar-refractivity contribution in [1.29, 1.82) is 0 Å². The molecule has 3 rings (SSSR count). The highest BCUT2D eigenvalue weighted by atomic mass is 32.2. The Labute approximate surface area is 128 Å². The Hall–Kier alpha value is -2.41. The fourth-order valence-corrected chi connectivity index (χ4v) is 3.36. The van der Waals surface area contributed by atoms with Crippen molar-refractivity contribution in [2.24, 2.45) is 7.05 Å². The summed E-state index contributed by atoms with van der Waals surface area (Å²) in [5.74, 6) is 0.835. The number of nitrogens with zero attached hydrogens (tertiary/aromatic N) is 3. The van der Waals surface area contributed by atoms with Crippen molar-refractivity contribution < 1.29 is 8.42 Å². The zero-order valence-corrected chi connectivity index (χ0v) is 13.3. The number of nitrogens with one attached hydrogen (secondary N) is 1. The van der Waals surface area contributed by atoms with Crippen molar-refractivity contribution in [1.82, 2.24) is 14.5 Å². The Morgan fingerprint density at radius 2 is 1.91 bits per heavy atom. The molecule has 0 bridgehead atoms. The van der Waals surface area contributed by atoms with Gasteiger partial charge in [-0.2, -0.15) is 0 Å². The summed E-state index contributed by atoms with van der Waals surface area (Å²) in [5.41, 5.74) is 2.80. The largest absolute Gasteiger partial charge is 0.331 e. The van der Waals surface area contributed by atoms with Crippen LogP contribution in [0.1, 0.15) is 11.5 Å². The van der Waals surface area contributed by atoms with Crippen LogP contribution in [0.3, 0.4) is 0 Å². The Kier molecular flexibility index (Phi) is 3.37. The first-order valence-electron chi connectivity index (χ1n) is 6.75. The van der Waals surface area contributed by atoms with Gasteiger partial charge >= 0.3 is 0 Å². The molecule has 2 aromatic heterocycles. The van der Waals surface area contributed by atoms with Gasteiger partial charge in [0.15, 0.2) is 0 Å². The van der Waals surface area contributed by atoms with Gasteiger partial charge < -0.3 is 4.57 Å². The quantitative estimate of drug-likeness (QED) is 0.805. The second-order valence-electron chi connectivity index (χ2n) is 5.16. The number of pyridine rings is 1. The van der Waals surface area contributed by atoms with Crippen molar-refractivity contribution in [3.05, 3.63) is 48.0 Å². The Morgan fingerprint density at radius 1 is 1.14 bits per heavy atom. The van der Waals surface area contributed by atoms with E-state index >= 15 is 0 Å². The molecule has 1 aromatic carbocycles. The SMILES string of the molecule is Cc1cc(NS(=O)(=O)c2ccc3c(c2)nc(C)n3C)ccn1. The highest BCUT2D eigenvalue weighted by Crippen LogP contribution is 2.21. The van der Waals surface area contributed by atoms with E-state index in [2.05, 4.69) is 14.7 Å². The number of hydrogen-bond acceptors (Lipinski definition) is 4. The lowest BCUT2D eigenvalue weighted by Crippen LogP contribution is -2.13. The molecule has 0 aliphatic carbocycles. The minimum Gasteiger partial charge on any atom is -0.331 e. The molecule has 0 atom stereocenters. The Bertz CT molecular complexity index is 961. The molecule has 0 fully saturated rings. The second-order valence-corrected chi connectivity index (χ2v) is 6.84. The van der Waals surface area contributed by atoms with Gasteiger partial charge in [0.05, 0.1) is 21.6 Å². The van der Waals surface area contributed by atoms with Gasteiger partial charge in [0.1, 0.15) is 5.82 Å². The average molecular weight is 316 g/mol. The fraction of sp³-hybridized carbons (Fsp3) is 0.200. The Balaban J connectivity index is 2.01. The van der Waals surface area contributed by atoms with E-state index in [4.69, 9.17) is 0 Å². The van der Waals surface area contributed by atoms with Crippen molar-refractivity contribution >= 4 is 26.7 Å². The molecular weight excluding hydrogens is 300 g/mol. The molecule has 7 heteroatoms. The van der Waals surface area contributed by atoms with Gasteiger partial charge in [-0.05, 0) is 44.2 Å². The summed E-state index contributed by atoms with van der Waals surface area (Å²) in [4.78, 5) is 8.60. The summed E-state index contributed by atoms with van der Waals surface area (Å²) >= 11 is 0. The minimum atomic E-state index is -3.65. The van der Waals surface area contributed by atoms with Gasteiger partial charge in [-0.15, -0.1) is 0 Å². The fourth-order valence-electron chi connectivity index (χ4n) is 2.29. The number of aromatic nitrogens is 3. The molecule has 0 saturated heterocycles. The van der Waals surface area contributed by atoms with Crippen LogP contribution in [0.2, 0.25) is 0 Å². The molecular formula is C15H16N4O2S. The third kappa shape index (κ3) is 2.55. The maximum atomic E-state index is 12.5. The molecule has 0 amide bonds. The number of hydrogen-bond donors (Lipinski definition) is 1. The first-order valence-corrected chi connectivity index (χ1v) is 8.24. The maximum absolute atomic E-state index is 12.5. The highest BCUT2D eigenvalue weighted by Gasteiger charge is 2.16. The van der Waals surface area contributed by atoms with Crippen LogP contribution in [0.15, 0.2) is 41.4 Å². The summed E-state index contributed by atoms with van der Waals surface area (Å²) in [6.45, 7) is 3.69. The number of fused-ring (bicyclic) bond motifs is 1. The van der Waals surface area contributed by atoms with E-state index in [1.807, 2.05) is 18.5 Å². The van der Waals surface area contributed by atoms with E-state index in [0.29, 0.717) is 11.2 Å². The van der Waals surface area contributed by atoms with Crippen molar-refractivity contribution in [2.45, 2.75) is 18.7 Å². The molecule has 0 aliphatic rings. The minimum absolute atomic E-state index is 0.188. The monoisotopic (exact) mass is 316 g/mol. The van der Waals surface area contributed by atoms with Crippen LogP contribution in [0, 0.1) is 13.8 Å². The van der Waals surface area contributed by atoms with Gasteiger partial charge in [0.25, 0.3) is 10.0 Å². The summed E-state index contributed by atoms with van der Waals surface area (Å²) in [6, 6.07) is 8.23. The van der Waals surface area contributed by atoms with E-state index in [1.54, 1.807) is 43.5 Å². The number of rotatable bonds is 3. The lowest BCUT2D eigenvalue weighted by Gasteiger charge is -2.08. The molecule has 0 saturated carbocycles. The molecule has 3 aromatic rings. The van der Waals surface area contributed by atoms with Crippen LogP contribution in [0.5, 0.6) is 0 Å². The van der Waals surface area contributed by atoms with E-state index in [1.165, 1.54) is 0 Å². The van der Waals surface area contributed by atoms with E-state index < -0.39 is 10.0 Å². The lowest BCUT2D eigenvalue weighted by atomic mass is 10.3. The highest BCUT2D eigenvalue weighted by molar-refractivity contribution is 7.92. The first-order chi connectivity index (χ1) is 10.4. The molecule has 22 heavy (non-hydrogen) atoms. The predicted molar refractivity (Wildman–Crippen MR) is 85.2 cm³/mol. The van der Waals surface area contributed by atoms with Crippen molar-refractivity contribution in [2.75, 3.05) is 4.72 Å². The van der Waals surface area contributed by atoms with Crippen LogP contribution in [-0.4, -0.2) is 23.0 Å². The van der Waals surface area contributed by atoms with Crippen LogP contribution in [-0.2, 0) is 17.1 Å². The van der Waals surface area contributed by atoms with Crippen LogP contribution in [0.4, 0.5) is 5.69 Å². The van der Waals surface area contributed by atoms with E-state index in [0.717, 1.165) is 17.0 Å². The van der Waals surface area contributed by atoms with Crippen LogP contribution >= 0.6 is 0 Å². The topological polar surface area (TPSA) is 76.9 Å². The first kappa shape index (κ1) is 14.5. The molecule has 0 radical (unpaired) electrons. The summed E-state index contributed by atoms with van der Waals surface area (Å²) < 4.78 is 29.4. The van der Waals surface area contributed by atoms with Crippen molar-refractivity contribution in [3.63, 3.8) is 0 Å². The predicted octanol–water partition coefficient (Wildman–Crippen LogP) is 2.39. The third-order valence-electron chi connectivity index (χ3n) is 3.54. The number of benzene rings is 1. The van der Waals surface area contributed by atoms with Gasteiger partial charge in [0, 0.05) is 18.9 Å². The van der Waals surface area contributed by atoms with Crippen LogP contribution in [0.25, 0.3) is 11.0 Å². The number of sulfonamides is 1. The molecule has 1 N–H and O–H groups in total.